The number of hydrogen-bond donors (Lipinski definition) is 1. The van der Waals surface area contributed by atoms with Gasteiger partial charge < -0.3 is 10.5 Å². The summed E-state index contributed by atoms with van der Waals surface area (Å²) in [4.78, 5) is 0. The maximum Gasteiger partial charge on any atom is 0.123 e. The molecule has 0 saturated heterocycles. The predicted octanol–water partition coefficient (Wildman–Crippen LogP) is 3.35. The number of ether oxygens (including phenoxy) is 1. The Morgan fingerprint density at radius 3 is 2.63 bits per heavy atom. The summed E-state index contributed by atoms with van der Waals surface area (Å²) in [5.41, 5.74) is 8.26. The minimum Gasteiger partial charge on any atom is -0.377 e. The molecule has 0 radical (unpaired) electrons. The van der Waals surface area contributed by atoms with E-state index in [-0.39, 0.29) is 17.5 Å². The standard InChI is InChI=1S/C16H24FNO/c1-12-6-7-14(17)10-13(12)11-15(18)16(19-2)8-4-3-5-9-16/h6-7,10,15H,3-5,8-9,11,18H2,1-2H3. The van der Waals surface area contributed by atoms with Crippen molar-refractivity contribution in [3.05, 3.63) is 35.1 Å². The lowest BCUT2D eigenvalue weighted by Gasteiger charge is -2.41. The fourth-order valence-electron chi connectivity index (χ4n) is 3.16. The van der Waals surface area contributed by atoms with Crippen molar-refractivity contribution in [3.63, 3.8) is 0 Å². The van der Waals surface area contributed by atoms with Crippen LogP contribution in [0.1, 0.15) is 43.2 Å². The average molecular weight is 265 g/mol. The van der Waals surface area contributed by atoms with Gasteiger partial charge in [0.2, 0.25) is 0 Å². The molecule has 0 amide bonds. The van der Waals surface area contributed by atoms with Crippen molar-refractivity contribution in [3.8, 4) is 0 Å². The van der Waals surface area contributed by atoms with E-state index in [0.717, 1.165) is 24.0 Å². The van der Waals surface area contributed by atoms with E-state index in [1.807, 2.05) is 13.0 Å². The van der Waals surface area contributed by atoms with Crippen LogP contribution in [-0.2, 0) is 11.2 Å². The second-order valence-corrected chi connectivity index (χ2v) is 5.71. The van der Waals surface area contributed by atoms with Crippen LogP contribution in [0.2, 0.25) is 0 Å². The number of aryl methyl sites for hydroxylation is 1. The van der Waals surface area contributed by atoms with E-state index >= 15 is 0 Å². The molecule has 1 aliphatic rings. The molecule has 1 unspecified atom stereocenters. The van der Waals surface area contributed by atoms with Gasteiger partial charge in [-0.25, -0.2) is 4.39 Å². The minimum atomic E-state index is -0.225. The van der Waals surface area contributed by atoms with E-state index < -0.39 is 0 Å². The first kappa shape index (κ1) is 14.5. The molecule has 0 heterocycles. The van der Waals surface area contributed by atoms with Gasteiger partial charge >= 0.3 is 0 Å². The van der Waals surface area contributed by atoms with Crippen LogP contribution < -0.4 is 5.73 Å². The number of halogens is 1. The Hall–Kier alpha value is -0.930. The maximum absolute atomic E-state index is 13.3. The molecule has 1 aromatic carbocycles. The summed E-state index contributed by atoms with van der Waals surface area (Å²) in [6.07, 6.45) is 6.31. The van der Waals surface area contributed by atoms with Gasteiger partial charge in [-0.3, -0.25) is 0 Å². The molecule has 1 saturated carbocycles. The zero-order valence-electron chi connectivity index (χ0n) is 11.9. The number of rotatable bonds is 4. The van der Waals surface area contributed by atoms with Crippen LogP contribution >= 0.6 is 0 Å². The van der Waals surface area contributed by atoms with E-state index in [0.29, 0.717) is 6.42 Å². The van der Waals surface area contributed by atoms with Gasteiger partial charge in [-0.1, -0.05) is 25.3 Å². The minimum absolute atomic E-state index is 0.0710. The van der Waals surface area contributed by atoms with Crippen molar-refractivity contribution in [1.29, 1.82) is 0 Å². The van der Waals surface area contributed by atoms with Gasteiger partial charge in [-0.05, 0) is 49.4 Å². The van der Waals surface area contributed by atoms with Crippen LogP contribution in [0.5, 0.6) is 0 Å². The maximum atomic E-state index is 13.3. The highest BCUT2D eigenvalue weighted by Gasteiger charge is 2.38. The van der Waals surface area contributed by atoms with Crippen molar-refractivity contribution in [2.75, 3.05) is 7.11 Å². The predicted molar refractivity (Wildman–Crippen MR) is 75.6 cm³/mol. The lowest BCUT2D eigenvalue weighted by Crippen LogP contribution is -2.52. The first-order valence-corrected chi connectivity index (χ1v) is 7.13. The van der Waals surface area contributed by atoms with Gasteiger partial charge in [0.05, 0.1) is 5.60 Å². The van der Waals surface area contributed by atoms with E-state index in [1.165, 1.54) is 25.3 Å². The third-order valence-corrected chi connectivity index (χ3v) is 4.53. The van der Waals surface area contributed by atoms with Crippen LogP contribution in [0.15, 0.2) is 18.2 Å². The molecule has 1 atom stereocenters. The Balaban J connectivity index is 2.14. The summed E-state index contributed by atoms with van der Waals surface area (Å²) in [5, 5.41) is 0. The molecule has 0 spiro atoms. The molecule has 2 nitrogen and oxygen atoms in total. The Labute approximate surface area is 115 Å². The molecule has 106 valence electrons. The van der Waals surface area contributed by atoms with Crippen LogP contribution in [0, 0.1) is 12.7 Å². The number of benzene rings is 1. The van der Waals surface area contributed by atoms with Gasteiger partial charge in [0.1, 0.15) is 5.82 Å². The first-order chi connectivity index (χ1) is 9.07. The summed E-state index contributed by atoms with van der Waals surface area (Å²) < 4.78 is 19.1. The first-order valence-electron chi connectivity index (χ1n) is 7.13. The molecule has 0 aromatic heterocycles. The third kappa shape index (κ3) is 3.15. The molecule has 1 fully saturated rings. The summed E-state index contributed by atoms with van der Waals surface area (Å²) >= 11 is 0. The van der Waals surface area contributed by atoms with Crippen LogP contribution in [0.25, 0.3) is 0 Å². The molecule has 19 heavy (non-hydrogen) atoms. The second-order valence-electron chi connectivity index (χ2n) is 5.71. The largest absolute Gasteiger partial charge is 0.377 e. The van der Waals surface area contributed by atoms with Gasteiger partial charge in [0, 0.05) is 13.2 Å². The molecule has 2 rings (SSSR count). The Bertz CT molecular complexity index is 427. The number of hydrogen-bond acceptors (Lipinski definition) is 2. The quantitative estimate of drug-likeness (QED) is 0.906. The summed E-state index contributed by atoms with van der Waals surface area (Å²) in [6, 6.07) is 4.84. The lowest BCUT2D eigenvalue weighted by molar-refractivity contribution is -0.0583. The average Bonchev–Trinajstić information content (AvgIpc) is 2.43. The molecule has 0 bridgehead atoms. The van der Waals surface area contributed by atoms with Crippen LogP contribution in [0.4, 0.5) is 4.39 Å². The van der Waals surface area contributed by atoms with E-state index in [4.69, 9.17) is 10.5 Å². The smallest absolute Gasteiger partial charge is 0.123 e. The monoisotopic (exact) mass is 265 g/mol. The lowest BCUT2D eigenvalue weighted by atomic mass is 9.77. The van der Waals surface area contributed by atoms with Crippen molar-refractivity contribution >= 4 is 0 Å². The Kier molecular flexibility index (Phi) is 4.58. The third-order valence-electron chi connectivity index (χ3n) is 4.53. The van der Waals surface area contributed by atoms with Crippen molar-refractivity contribution in [1.82, 2.24) is 0 Å². The van der Waals surface area contributed by atoms with Gasteiger partial charge in [0.25, 0.3) is 0 Å². The van der Waals surface area contributed by atoms with Gasteiger partial charge in [-0.15, -0.1) is 0 Å². The molecule has 0 aliphatic heterocycles. The normalized spacial score (nSPS) is 20.2. The fourth-order valence-corrected chi connectivity index (χ4v) is 3.16. The van der Waals surface area contributed by atoms with E-state index in [2.05, 4.69) is 0 Å². The van der Waals surface area contributed by atoms with Gasteiger partial charge in [-0.2, -0.15) is 0 Å². The highest BCUT2D eigenvalue weighted by atomic mass is 19.1. The fraction of sp³-hybridized carbons (Fsp3) is 0.625. The number of methoxy groups -OCH3 is 1. The molecular weight excluding hydrogens is 241 g/mol. The van der Waals surface area contributed by atoms with E-state index in [1.54, 1.807) is 13.2 Å². The second kappa shape index (κ2) is 6.02. The molecule has 1 aromatic rings. The van der Waals surface area contributed by atoms with E-state index in [9.17, 15) is 4.39 Å². The highest BCUT2D eigenvalue weighted by Crippen LogP contribution is 2.34. The zero-order valence-corrected chi connectivity index (χ0v) is 11.9. The van der Waals surface area contributed by atoms with Crippen LogP contribution in [0.3, 0.4) is 0 Å². The molecular formula is C16H24FNO. The molecule has 3 heteroatoms. The van der Waals surface area contributed by atoms with Crippen LogP contribution in [-0.4, -0.2) is 18.8 Å². The Morgan fingerprint density at radius 1 is 1.32 bits per heavy atom. The van der Waals surface area contributed by atoms with Crippen molar-refractivity contribution in [2.24, 2.45) is 5.73 Å². The van der Waals surface area contributed by atoms with Gasteiger partial charge in [0.15, 0.2) is 0 Å². The highest BCUT2D eigenvalue weighted by molar-refractivity contribution is 5.28. The topological polar surface area (TPSA) is 35.2 Å². The summed E-state index contributed by atoms with van der Waals surface area (Å²) in [5.74, 6) is -0.192. The SMILES string of the molecule is COC1(C(N)Cc2cc(F)ccc2C)CCCCC1. The van der Waals surface area contributed by atoms with Crippen molar-refractivity contribution in [2.45, 2.75) is 57.1 Å². The zero-order chi connectivity index (χ0) is 13.9. The number of nitrogens with two attached hydrogens (primary N) is 1. The van der Waals surface area contributed by atoms with Crippen molar-refractivity contribution < 1.29 is 9.13 Å². The summed E-state index contributed by atoms with van der Waals surface area (Å²) in [7, 11) is 1.75. The summed E-state index contributed by atoms with van der Waals surface area (Å²) in [6.45, 7) is 2.00. The molecule has 2 N–H and O–H groups in total. The Morgan fingerprint density at radius 2 is 2.00 bits per heavy atom. The molecule has 1 aliphatic carbocycles.